The van der Waals surface area contributed by atoms with Crippen LogP contribution in [0.5, 0.6) is 0 Å². The Kier molecular flexibility index (Phi) is 7.02. The van der Waals surface area contributed by atoms with Crippen LogP contribution in [0.3, 0.4) is 0 Å². The van der Waals surface area contributed by atoms with Crippen molar-refractivity contribution in [3.05, 3.63) is 35.4 Å². The molecule has 0 radical (unpaired) electrons. The molecule has 0 aliphatic rings. The second kappa shape index (κ2) is 8.36. The first kappa shape index (κ1) is 21.0. The average Bonchev–Trinajstić information content (AvgIpc) is 2.48. The van der Waals surface area contributed by atoms with Gasteiger partial charge in [0.15, 0.2) is 5.78 Å². The third-order valence-corrected chi connectivity index (χ3v) is 3.37. The van der Waals surface area contributed by atoms with E-state index < -0.39 is 23.4 Å². The van der Waals surface area contributed by atoms with Crippen molar-refractivity contribution in [2.24, 2.45) is 5.92 Å². The lowest BCUT2D eigenvalue weighted by Gasteiger charge is -2.20. The molecule has 0 aliphatic heterocycles. The Bertz CT molecular complexity index is 606. The molecule has 1 aromatic carbocycles. The molecule has 0 heterocycles. The summed E-state index contributed by atoms with van der Waals surface area (Å²) in [7, 11) is 0. The summed E-state index contributed by atoms with van der Waals surface area (Å²) in [6.45, 7) is 7.43. The van der Waals surface area contributed by atoms with Crippen LogP contribution < -0.4 is 5.32 Å². The fourth-order valence-electron chi connectivity index (χ4n) is 2.06. The maximum Gasteiger partial charge on any atom is 0.416 e. The van der Waals surface area contributed by atoms with E-state index in [-0.39, 0.29) is 23.7 Å². The molecule has 0 saturated carbocycles. The molecule has 140 valence electrons. The van der Waals surface area contributed by atoms with Gasteiger partial charge >= 0.3 is 12.3 Å². The predicted octanol–water partition coefficient (Wildman–Crippen LogP) is 4.83. The standard InChI is InChI=1S/C18H24F3NO3/c1-12(11-22-16(24)25-17(2,3)4)8-9-15(23)13-6-5-7-14(10-13)18(19,20)21/h5-7,10,12H,8-9,11H2,1-4H3,(H,22,24). The fourth-order valence-corrected chi connectivity index (χ4v) is 2.06. The second-order valence-electron chi connectivity index (χ2n) is 7.03. The molecule has 0 fully saturated rings. The first-order chi connectivity index (χ1) is 11.4. The number of ether oxygens (including phenoxy) is 1. The topological polar surface area (TPSA) is 55.4 Å². The van der Waals surface area contributed by atoms with Gasteiger partial charge in [-0.15, -0.1) is 0 Å². The van der Waals surface area contributed by atoms with Gasteiger partial charge in [-0.3, -0.25) is 4.79 Å². The van der Waals surface area contributed by atoms with Crippen LogP contribution in [0.25, 0.3) is 0 Å². The molecule has 1 amide bonds. The lowest BCUT2D eigenvalue weighted by Crippen LogP contribution is -2.34. The van der Waals surface area contributed by atoms with Crippen molar-refractivity contribution in [3.8, 4) is 0 Å². The molecule has 0 spiro atoms. The summed E-state index contributed by atoms with van der Waals surface area (Å²) in [4.78, 5) is 23.6. The van der Waals surface area contributed by atoms with Crippen LogP contribution >= 0.6 is 0 Å². The van der Waals surface area contributed by atoms with Gasteiger partial charge in [0.2, 0.25) is 0 Å². The molecular weight excluding hydrogens is 335 g/mol. The maximum absolute atomic E-state index is 12.7. The van der Waals surface area contributed by atoms with Crippen LogP contribution in [0.15, 0.2) is 24.3 Å². The first-order valence-corrected chi connectivity index (χ1v) is 8.06. The fraction of sp³-hybridized carbons (Fsp3) is 0.556. The van der Waals surface area contributed by atoms with Crippen molar-refractivity contribution in [3.63, 3.8) is 0 Å². The predicted molar refractivity (Wildman–Crippen MR) is 88.4 cm³/mol. The molecule has 1 N–H and O–H groups in total. The third kappa shape index (κ3) is 8.05. The van der Waals surface area contributed by atoms with E-state index in [4.69, 9.17) is 4.74 Å². The zero-order chi connectivity index (χ0) is 19.3. The quantitative estimate of drug-likeness (QED) is 0.740. The summed E-state index contributed by atoms with van der Waals surface area (Å²) in [5.41, 5.74) is -1.38. The average molecular weight is 359 g/mol. The molecule has 1 aromatic rings. The molecule has 1 atom stereocenters. The third-order valence-electron chi connectivity index (χ3n) is 3.37. The number of carbonyl (C=O) groups is 2. The van der Waals surface area contributed by atoms with Gasteiger partial charge in [-0.2, -0.15) is 13.2 Å². The molecule has 1 rings (SSSR count). The van der Waals surface area contributed by atoms with Crippen LogP contribution in [0.4, 0.5) is 18.0 Å². The van der Waals surface area contributed by atoms with Crippen LogP contribution in [0, 0.1) is 5.92 Å². The summed E-state index contributed by atoms with van der Waals surface area (Å²) in [6, 6.07) is 4.40. The van der Waals surface area contributed by atoms with Gasteiger partial charge in [0.25, 0.3) is 0 Å². The van der Waals surface area contributed by atoms with Crippen molar-refractivity contribution >= 4 is 11.9 Å². The van der Waals surface area contributed by atoms with E-state index in [1.807, 2.05) is 6.92 Å². The molecule has 1 unspecified atom stereocenters. The largest absolute Gasteiger partial charge is 0.444 e. The van der Waals surface area contributed by atoms with E-state index in [0.29, 0.717) is 13.0 Å². The second-order valence-corrected chi connectivity index (χ2v) is 7.03. The highest BCUT2D eigenvalue weighted by Crippen LogP contribution is 2.29. The minimum Gasteiger partial charge on any atom is -0.444 e. The minimum absolute atomic E-state index is 0.0118. The SMILES string of the molecule is CC(CCC(=O)c1cccc(C(F)(F)F)c1)CNC(=O)OC(C)(C)C. The van der Waals surface area contributed by atoms with Crippen LogP contribution in [-0.4, -0.2) is 24.0 Å². The Labute approximate surface area is 145 Å². The normalized spacial score (nSPS) is 13.2. The maximum atomic E-state index is 12.7. The van der Waals surface area contributed by atoms with Gasteiger partial charge in [-0.1, -0.05) is 19.1 Å². The number of alkyl carbamates (subject to hydrolysis) is 1. The van der Waals surface area contributed by atoms with Crippen LogP contribution in [0.2, 0.25) is 0 Å². The Balaban J connectivity index is 2.47. The summed E-state index contributed by atoms with van der Waals surface area (Å²) in [5.74, 6) is -0.363. The molecule has 0 saturated heterocycles. The highest BCUT2D eigenvalue weighted by molar-refractivity contribution is 5.96. The van der Waals surface area contributed by atoms with Crippen molar-refractivity contribution in [2.45, 2.75) is 52.3 Å². The van der Waals surface area contributed by atoms with Gasteiger partial charge in [-0.25, -0.2) is 4.79 Å². The number of hydrogen-bond acceptors (Lipinski definition) is 3. The Morgan fingerprint density at radius 3 is 2.40 bits per heavy atom. The molecule has 0 bridgehead atoms. The van der Waals surface area contributed by atoms with E-state index >= 15 is 0 Å². The molecular formula is C18H24F3NO3. The van der Waals surface area contributed by atoms with Gasteiger partial charge in [-0.05, 0) is 45.2 Å². The number of hydrogen-bond donors (Lipinski definition) is 1. The van der Waals surface area contributed by atoms with Crippen molar-refractivity contribution < 1.29 is 27.5 Å². The molecule has 7 heteroatoms. The Morgan fingerprint density at radius 2 is 1.84 bits per heavy atom. The van der Waals surface area contributed by atoms with Gasteiger partial charge in [0.1, 0.15) is 5.60 Å². The lowest BCUT2D eigenvalue weighted by molar-refractivity contribution is -0.137. The van der Waals surface area contributed by atoms with Crippen LogP contribution in [-0.2, 0) is 10.9 Å². The highest BCUT2D eigenvalue weighted by atomic mass is 19.4. The number of alkyl halides is 3. The number of ketones is 1. The number of benzene rings is 1. The number of halogens is 3. The molecule has 0 aromatic heterocycles. The van der Waals surface area contributed by atoms with E-state index in [0.717, 1.165) is 12.1 Å². The Hall–Kier alpha value is -2.05. The van der Waals surface area contributed by atoms with E-state index in [2.05, 4.69) is 5.32 Å². The lowest BCUT2D eigenvalue weighted by atomic mass is 9.99. The molecule has 4 nitrogen and oxygen atoms in total. The van der Waals surface area contributed by atoms with Crippen LogP contribution in [0.1, 0.15) is 56.5 Å². The highest BCUT2D eigenvalue weighted by Gasteiger charge is 2.30. The molecule has 25 heavy (non-hydrogen) atoms. The monoisotopic (exact) mass is 359 g/mol. The summed E-state index contributed by atoms with van der Waals surface area (Å²) < 4.78 is 43.1. The Morgan fingerprint density at radius 1 is 1.20 bits per heavy atom. The van der Waals surface area contributed by atoms with Crippen molar-refractivity contribution in [1.82, 2.24) is 5.32 Å². The van der Waals surface area contributed by atoms with Crippen molar-refractivity contribution in [2.75, 3.05) is 6.54 Å². The van der Waals surface area contributed by atoms with Gasteiger partial charge in [0.05, 0.1) is 5.56 Å². The summed E-state index contributed by atoms with van der Waals surface area (Å²) in [6.07, 6.45) is -4.45. The number of Topliss-reactive ketones (excluding diaryl/α,β-unsaturated/α-hetero) is 1. The number of nitrogens with one attached hydrogen (secondary N) is 1. The minimum atomic E-state index is -4.47. The number of rotatable bonds is 6. The smallest absolute Gasteiger partial charge is 0.416 e. The number of amides is 1. The van der Waals surface area contributed by atoms with Crippen molar-refractivity contribution in [1.29, 1.82) is 0 Å². The van der Waals surface area contributed by atoms with Gasteiger partial charge in [0, 0.05) is 18.5 Å². The van der Waals surface area contributed by atoms with Gasteiger partial charge < -0.3 is 10.1 Å². The van der Waals surface area contributed by atoms with E-state index in [1.54, 1.807) is 20.8 Å². The first-order valence-electron chi connectivity index (χ1n) is 8.06. The molecule has 0 aliphatic carbocycles. The zero-order valence-corrected chi connectivity index (χ0v) is 14.9. The van der Waals surface area contributed by atoms with E-state index in [9.17, 15) is 22.8 Å². The van der Waals surface area contributed by atoms with E-state index in [1.165, 1.54) is 12.1 Å². The summed E-state index contributed by atoms with van der Waals surface area (Å²) >= 11 is 0. The zero-order valence-electron chi connectivity index (χ0n) is 14.9. The summed E-state index contributed by atoms with van der Waals surface area (Å²) in [5, 5.41) is 2.61. The number of carbonyl (C=O) groups excluding carboxylic acids is 2.